The lowest BCUT2D eigenvalue weighted by atomic mass is 9.96. The quantitative estimate of drug-likeness (QED) is 0.509. The van der Waals surface area contributed by atoms with Crippen LogP contribution in [-0.2, 0) is 9.59 Å². The zero-order valence-electron chi connectivity index (χ0n) is 20.4. The Morgan fingerprint density at radius 2 is 1.69 bits per heavy atom. The third kappa shape index (κ3) is 4.82. The molecule has 0 unspecified atom stereocenters. The minimum absolute atomic E-state index is 0.0973. The normalized spacial score (nSPS) is 14.7. The Hall–Kier alpha value is -3.94. The fourth-order valence-electron chi connectivity index (χ4n) is 4.50. The van der Waals surface area contributed by atoms with Crippen molar-refractivity contribution in [2.45, 2.75) is 19.8 Å². The monoisotopic (exact) mass is 478 g/mol. The van der Waals surface area contributed by atoms with E-state index in [-0.39, 0.29) is 17.7 Å². The summed E-state index contributed by atoms with van der Waals surface area (Å²) in [6, 6.07) is 9.49. The molecule has 1 fully saturated rings. The van der Waals surface area contributed by atoms with Crippen LogP contribution in [0.2, 0.25) is 0 Å². The second-order valence-corrected chi connectivity index (χ2v) is 8.60. The average Bonchev–Trinajstić information content (AvgIpc) is 3.30. The van der Waals surface area contributed by atoms with Gasteiger partial charge in [-0.25, -0.2) is 0 Å². The van der Waals surface area contributed by atoms with Crippen molar-refractivity contribution >= 4 is 28.4 Å². The molecule has 0 aliphatic carbocycles. The molecule has 1 saturated heterocycles. The molecule has 1 aliphatic rings. The number of allylic oxidation sites excluding steroid dienone is 1. The molecule has 0 saturated carbocycles. The number of hydrogen-bond acceptors (Lipinski definition) is 6. The van der Waals surface area contributed by atoms with Crippen LogP contribution in [0, 0.1) is 5.92 Å². The van der Waals surface area contributed by atoms with Gasteiger partial charge in [0, 0.05) is 47.7 Å². The summed E-state index contributed by atoms with van der Waals surface area (Å²) in [7, 11) is 4.78. The summed E-state index contributed by atoms with van der Waals surface area (Å²) in [5.41, 5.74) is 9.44. The van der Waals surface area contributed by atoms with Gasteiger partial charge in [-0.05, 0) is 49.1 Å². The van der Waals surface area contributed by atoms with Crippen LogP contribution in [-0.4, -0.2) is 51.1 Å². The molecule has 0 radical (unpaired) electrons. The van der Waals surface area contributed by atoms with Gasteiger partial charge in [-0.2, -0.15) is 0 Å². The Bertz CT molecular complexity index is 1280. The Balaban J connectivity index is 1.67. The summed E-state index contributed by atoms with van der Waals surface area (Å²) in [6.45, 7) is 2.91. The van der Waals surface area contributed by atoms with E-state index >= 15 is 0 Å². The molecule has 1 aromatic heterocycles. The third-order valence-corrected chi connectivity index (χ3v) is 6.56. The number of methoxy groups -OCH3 is 3. The molecular formula is C27H30N2O6. The van der Waals surface area contributed by atoms with E-state index in [4.69, 9.17) is 24.4 Å². The second kappa shape index (κ2) is 10.1. The summed E-state index contributed by atoms with van der Waals surface area (Å²) in [4.78, 5) is 26.1. The number of nitrogens with two attached hydrogens (primary N) is 1. The molecule has 2 aromatic carbocycles. The summed E-state index contributed by atoms with van der Waals surface area (Å²) >= 11 is 0. The predicted molar refractivity (Wildman–Crippen MR) is 133 cm³/mol. The zero-order chi connectivity index (χ0) is 25.1. The molecule has 3 aromatic rings. The molecule has 2 amide bonds. The molecule has 4 rings (SSSR count). The number of furan rings is 1. The lowest BCUT2D eigenvalue weighted by Gasteiger charge is -2.30. The minimum atomic E-state index is -0.299. The topological polar surface area (TPSA) is 104 Å². The van der Waals surface area contributed by atoms with Crippen molar-refractivity contribution in [3.8, 4) is 28.4 Å². The second-order valence-electron chi connectivity index (χ2n) is 8.60. The van der Waals surface area contributed by atoms with E-state index in [1.165, 1.54) is 0 Å². The van der Waals surface area contributed by atoms with E-state index < -0.39 is 0 Å². The van der Waals surface area contributed by atoms with E-state index in [1.54, 1.807) is 38.6 Å². The number of likely N-dealkylation sites (tertiary alicyclic amines) is 1. The first kappa shape index (κ1) is 24.2. The molecule has 35 heavy (non-hydrogen) atoms. The molecule has 1 aliphatic heterocycles. The van der Waals surface area contributed by atoms with Gasteiger partial charge in [0.1, 0.15) is 11.3 Å². The maximum absolute atomic E-state index is 12.9. The molecule has 184 valence electrons. The Morgan fingerprint density at radius 1 is 1.00 bits per heavy atom. The molecule has 2 N–H and O–H groups in total. The van der Waals surface area contributed by atoms with Gasteiger partial charge in [-0.3, -0.25) is 9.59 Å². The fraction of sp³-hybridized carbons (Fsp3) is 0.333. The van der Waals surface area contributed by atoms with E-state index in [0.717, 1.165) is 27.6 Å². The number of carbonyl (C=O) groups is 2. The lowest BCUT2D eigenvalue weighted by molar-refractivity contribution is -0.130. The van der Waals surface area contributed by atoms with Gasteiger partial charge in [0.05, 0.1) is 27.6 Å². The van der Waals surface area contributed by atoms with Crippen molar-refractivity contribution in [3.05, 3.63) is 48.2 Å². The molecule has 0 atom stereocenters. The number of fused-ring (bicyclic) bond motifs is 1. The lowest BCUT2D eigenvalue weighted by Crippen LogP contribution is -2.41. The van der Waals surface area contributed by atoms with E-state index in [9.17, 15) is 9.59 Å². The maximum Gasteiger partial charge on any atom is 0.246 e. The standard InChI is InChI=1S/C27H30N2O6/c1-16(11-26(30)29-9-7-17(8-10-29)27(28)31)19-13-20-21(15-35-24(20)14-23(19)33-3)18-5-6-22(32-2)25(12-18)34-4/h5-6,11-15,17H,7-10H2,1-4H3,(H2,28,31)/b16-11+. The Kier molecular flexibility index (Phi) is 7.00. The largest absolute Gasteiger partial charge is 0.496 e. The highest BCUT2D eigenvalue weighted by atomic mass is 16.5. The Labute approximate surface area is 204 Å². The molecule has 0 bridgehead atoms. The van der Waals surface area contributed by atoms with Gasteiger partial charge in [-0.15, -0.1) is 0 Å². The third-order valence-electron chi connectivity index (χ3n) is 6.56. The van der Waals surface area contributed by atoms with Gasteiger partial charge in [-0.1, -0.05) is 6.07 Å². The van der Waals surface area contributed by atoms with Crippen LogP contribution < -0.4 is 19.9 Å². The number of benzene rings is 2. The first-order valence-corrected chi connectivity index (χ1v) is 11.4. The van der Waals surface area contributed by atoms with Crippen molar-refractivity contribution in [2.24, 2.45) is 11.7 Å². The van der Waals surface area contributed by atoms with E-state index in [0.29, 0.717) is 48.8 Å². The summed E-state index contributed by atoms with van der Waals surface area (Å²) in [5, 5.41) is 0.885. The van der Waals surface area contributed by atoms with Gasteiger partial charge < -0.3 is 29.3 Å². The van der Waals surface area contributed by atoms with Gasteiger partial charge in [0.2, 0.25) is 11.8 Å². The summed E-state index contributed by atoms with van der Waals surface area (Å²) in [5.74, 6) is 1.31. The van der Waals surface area contributed by atoms with Crippen molar-refractivity contribution in [1.82, 2.24) is 4.90 Å². The predicted octanol–water partition coefficient (Wildman–Crippen LogP) is 4.25. The van der Waals surface area contributed by atoms with Gasteiger partial charge >= 0.3 is 0 Å². The first-order chi connectivity index (χ1) is 16.9. The first-order valence-electron chi connectivity index (χ1n) is 11.4. The molecule has 2 heterocycles. The van der Waals surface area contributed by atoms with Crippen molar-refractivity contribution in [3.63, 3.8) is 0 Å². The number of carbonyl (C=O) groups excluding carboxylic acids is 2. The summed E-state index contributed by atoms with van der Waals surface area (Å²) < 4.78 is 22.2. The van der Waals surface area contributed by atoms with Crippen LogP contribution in [0.5, 0.6) is 17.2 Å². The Morgan fingerprint density at radius 3 is 2.31 bits per heavy atom. The van der Waals surface area contributed by atoms with Crippen molar-refractivity contribution < 1.29 is 28.2 Å². The number of piperidine rings is 1. The maximum atomic E-state index is 12.9. The smallest absolute Gasteiger partial charge is 0.246 e. The van der Waals surface area contributed by atoms with Crippen LogP contribution in [0.3, 0.4) is 0 Å². The summed E-state index contributed by atoms with van der Waals surface area (Å²) in [6.07, 6.45) is 4.49. The molecular weight excluding hydrogens is 448 g/mol. The van der Waals surface area contributed by atoms with Crippen LogP contribution in [0.4, 0.5) is 0 Å². The van der Waals surface area contributed by atoms with Crippen molar-refractivity contribution in [1.29, 1.82) is 0 Å². The number of primary amides is 1. The molecule has 8 heteroatoms. The molecule has 8 nitrogen and oxygen atoms in total. The number of nitrogens with zero attached hydrogens (tertiary/aromatic N) is 1. The SMILES string of the molecule is COc1ccc(-c2coc3cc(OC)c(/C(C)=C/C(=O)N4CCC(C(N)=O)CC4)cc23)cc1OC. The van der Waals surface area contributed by atoms with E-state index in [2.05, 4.69) is 0 Å². The van der Waals surface area contributed by atoms with E-state index in [1.807, 2.05) is 37.3 Å². The van der Waals surface area contributed by atoms with Crippen LogP contribution in [0.25, 0.3) is 27.7 Å². The minimum Gasteiger partial charge on any atom is -0.496 e. The zero-order valence-corrected chi connectivity index (χ0v) is 20.4. The van der Waals surface area contributed by atoms with Gasteiger partial charge in [0.25, 0.3) is 0 Å². The average molecular weight is 479 g/mol. The number of hydrogen-bond donors (Lipinski definition) is 1. The highest BCUT2D eigenvalue weighted by Crippen LogP contribution is 2.40. The van der Waals surface area contributed by atoms with Crippen LogP contribution in [0.1, 0.15) is 25.3 Å². The molecule has 0 spiro atoms. The highest BCUT2D eigenvalue weighted by molar-refractivity contribution is 6.00. The van der Waals surface area contributed by atoms with Crippen molar-refractivity contribution in [2.75, 3.05) is 34.4 Å². The number of amides is 2. The van der Waals surface area contributed by atoms with Gasteiger partial charge in [0.15, 0.2) is 11.5 Å². The fourth-order valence-corrected chi connectivity index (χ4v) is 4.50. The highest BCUT2D eigenvalue weighted by Gasteiger charge is 2.25. The number of rotatable bonds is 7. The van der Waals surface area contributed by atoms with Crippen LogP contribution in [0.15, 0.2) is 47.1 Å². The number of ether oxygens (including phenoxy) is 3. The van der Waals surface area contributed by atoms with Crippen LogP contribution >= 0.6 is 0 Å².